The molecule has 6 nitrogen and oxygen atoms in total. The van der Waals surface area contributed by atoms with E-state index in [1.165, 1.54) is 0 Å². The number of aromatic amines is 1. The molecule has 5 atom stereocenters. The van der Waals surface area contributed by atoms with Crippen LogP contribution < -0.4 is 5.32 Å². The van der Waals surface area contributed by atoms with E-state index in [0.717, 1.165) is 50.9 Å². The van der Waals surface area contributed by atoms with E-state index in [4.69, 9.17) is 0 Å². The van der Waals surface area contributed by atoms with Crippen LogP contribution in [0.5, 0.6) is 0 Å². The number of likely N-dealkylation sites (tertiary alicyclic amines) is 1. The van der Waals surface area contributed by atoms with Gasteiger partial charge in [-0.25, -0.2) is 4.98 Å². The molecule has 1 aromatic rings. The van der Waals surface area contributed by atoms with E-state index >= 15 is 0 Å². The summed E-state index contributed by atoms with van der Waals surface area (Å²) in [6, 6.07) is 0.659. The van der Waals surface area contributed by atoms with Crippen LogP contribution in [0.4, 0.5) is 0 Å². The Morgan fingerprint density at radius 2 is 2.32 bits per heavy atom. The highest BCUT2D eigenvalue weighted by Gasteiger charge is 2.46. The molecule has 0 spiro atoms. The number of hydrogen-bond donors (Lipinski definition) is 3. The summed E-state index contributed by atoms with van der Waals surface area (Å²) in [5.74, 6) is 0.609. The van der Waals surface area contributed by atoms with Crippen molar-refractivity contribution in [1.82, 2.24) is 20.2 Å². The smallest absolute Gasteiger partial charge is 0.224 e. The van der Waals surface area contributed by atoms with Crippen molar-refractivity contribution in [3.8, 4) is 0 Å². The quantitative estimate of drug-likeness (QED) is 0.761. The number of amides is 1. The van der Waals surface area contributed by atoms with Crippen molar-refractivity contribution in [1.29, 1.82) is 0 Å². The van der Waals surface area contributed by atoms with Gasteiger partial charge in [-0.2, -0.15) is 0 Å². The number of β-amino-alcohol motifs (C(OH)–C–C–N with tert-alkyl or cyclic N) is 1. The number of H-pyrrole nitrogens is 1. The fraction of sp³-hybridized carbons (Fsp3) is 0.750. The lowest BCUT2D eigenvalue weighted by molar-refractivity contribution is -0.123. The molecule has 1 aromatic heterocycles. The Balaban J connectivity index is 1.34. The summed E-state index contributed by atoms with van der Waals surface area (Å²) in [4.78, 5) is 22.0. The van der Waals surface area contributed by atoms with Gasteiger partial charge in [-0.1, -0.05) is 0 Å². The van der Waals surface area contributed by atoms with Crippen LogP contribution in [-0.4, -0.2) is 57.2 Å². The molecule has 3 N–H and O–H groups in total. The van der Waals surface area contributed by atoms with Crippen LogP contribution in [0.1, 0.15) is 43.7 Å². The molecular formula is C16H24N4O2. The summed E-state index contributed by atoms with van der Waals surface area (Å²) in [5, 5.41) is 13.0. The number of nitrogens with one attached hydrogen (secondary N) is 2. The first kappa shape index (κ1) is 14.2. The Bertz CT molecular complexity index is 532. The summed E-state index contributed by atoms with van der Waals surface area (Å²) in [6.07, 6.45) is 8.45. The topological polar surface area (TPSA) is 81.2 Å². The van der Waals surface area contributed by atoms with Crippen LogP contribution in [-0.2, 0) is 4.79 Å². The molecule has 1 unspecified atom stereocenters. The van der Waals surface area contributed by atoms with E-state index in [0.29, 0.717) is 12.0 Å². The minimum atomic E-state index is -0.190. The molecule has 0 aromatic carbocycles. The molecule has 0 radical (unpaired) electrons. The van der Waals surface area contributed by atoms with Gasteiger partial charge >= 0.3 is 0 Å². The maximum absolute atomic E-state index is 12.5. The van der Waals surface area contributed by atoms with Crippen LogP contribution in [0, 0.1) is 5.92 Å². The van der Waals surface area contributed by atoms with Crippen molar-refractivity contribution < 1.29 is 9.90 Å². The SMILES string of the molecule is O=C(N[C@@H]1CCC[C@@H]1N1CCC(O)C1)[C@@H]1C[C@H]1c1cnc[nH]1. The zero-order chi connectivity index (χ0) is 15.1. The highest BCUT2D eigenvalue weighted by molar-refractivity contribution is 5.83. The number of aliphatic hydroxyl groups excluding tert-OH is 1. The second-order valence-corrected chi connectivity index (χ2v) is 7.01. The second-order valence-electron chi connectivity index (χ2n) is 7.01. The number of carbonyl (C=O) groups is 1. The molecule has 1 amide bonds. The minimum Gasteiger partial charge on any atom is -0.392 e. The van der Waals surface area contributed by atoms with Crippen LogP contribution in [0.15, 0.2) is 12.5 Å². The van der Waals surface area contributed by atoms with Crippen molar-refractivity contribution >= 4 is 5.91 Å². The van der Waals surface area contributed by atoms with Crippen molar-refractivity contribution in [3.63, 3.8) is 0 Å². The predicted octanol–water partition coefficient (Wildman–Crippen LogP) is 0.617. The summed E-state index contributed by atoms with van der Waals surface area (Å²) in [5.41, 5.74) is 1.07. The molecule has 2 aliphatic carbocycles. The first-order chi connectivity index (χ1) is 10.7. The molecule has 1 aliphatic heterocycles. The summed E-state index contributed by atoms with van der Waals surface area (Å²) in [7, 11) is 0. The maximum Gasteiger partial charge on any atom is 0.224 e. The molecule has 120 valence electrons. The van der Waals surface area contributed by atoms with Crippen molar-refractivity contribution in [2.45, 2.75) is 56.2 Å². The van der Waals surface area contributed by atoms with Gasteiger partial charge in [0.15, 0.2) is 0 Å². The monoisotopic (exact) mass is 304 g/mol. The standard InChI is InChI=1S/C16H24N4O2/c21-10-4-5-20(8-10)15-3-1-2-13(15)19-16(22)12-6-11(12)14-7-17-9-18-14/h7,9-13,15,21H,1-6,8H2,(H,17,18)(H,19,22)/t10?,11-,12-,13-,15+/m1/s1. The van der Waals surface area contributed by atoms with Gasteiger partial charge in [0, 0.05) is 48.9 Å². The van der Waals surface area contributed by atoms with E-state index in [2.05, 4.69) is 20.2 Å². The normalized spacial score (nSPS) is 38.3. The molecule has 3 fully saturated rings. The second kappa shape index (κ2) is 5.66. The third-order valence-electron chi connectivity index (χ3n) is 5.52. The van der Waals surface area contributed by atoms with E-state index in [-0.39, 0.29) is 24.0 Å². The number of rotatable bonds is 4. The van der Waals surface area contributed by atoms with Crippen LogP contribution in [0.3, 0.4) is 0 Å². The molecule has 6 heteroatoms. The first-order valence-electron chi connectivity index (χ1n) is 8.43. The van der Waals surface area contributed by atoms with E-state index < -0.39 is 0 Å². The van der Waals surface area contributed by atoms with E-state index in [1.807, 2.05) is 6.20 Å². The molecule has 3 aliphatic rings. The van der Waals surface area contributed by atoms with Crippen LogP contribution in [0.25, 0.3) is 0 Å². The van der Waals surface area contributed by atoms with Gasteiger partial charge in [-0.3, -0.25) is 9.69 Å². The van der Waals surface area contributed by atoms with Gasteiger partial charge < -0.3 is 15.4 Å². The Kier molecular flexibility index (Phi) is 3.66. The molecule has 2 saturated carbocycles. The fourth-order valence-electron chi connectivity index (χ4n) is 4.20. The maximum atomic E-state index is 12.5. The number of nitrogens with zero attached hydrogens (tertiary/aromatic N) is 2. The van der Waals surface area contributed by atoms with Gasteiger partial charge in [-0.05, 0) is 32.1 Å². The summed E-state index contributed by atoms with van der Waals surface area (Å²) < 4.78 is 0. The molecule has 4 rings (SSSR count). The van der Waals surface area contributed by atoms with Crippen molar-refractivity contribution in [2.75, 3.05) is 13.1 Å². The van der Waals surface area contributed by atoms with Gasteiger partial charge in [0.2, 0.25) is 5.91 Å². The number of imidazole rings is 1. The van der Waals surface area contributed by atoms with Crippen molar-refractivity contribution in [2.24, 2.45) is 5.92 Å². The van der Waals surface area contributed by atoms with Crippen LogP contribution >= 0.6 is 0 Å². The summed E-state index contributed by atoms with van der Waals surface area (Å²) >= 11 is 0. The number of hydrogen-bond acceptors (Lipinski definition) is 4. The number of aromatic nitrogens is 2. The van der Waals surface area contributed by atoms with Crippen molar-refractivity contribution in [3.05, 3.63) is 18.2 Å². The molecule has 22 heavy (non-hydrogen) atoms. The lowest BCUT2D eigenvalue weighted by Gasteiger charge is -2.29. The average Bonchev–Trinajstić information content (AvgIpc) is 2.93. The Hall–Kier alpha value is -1.40. The van der Waals surface area contributed by atoms with E-state index in [1.54, 1.807) is 6.33 Å². The lowest BCUT2D eigenvalue weighted by Crippen LogP contribution is -2.48. The van der Waals surface area contributed by atoms with E-state index in [9.17, 15) is 9.90 Å². The largest absolute Gasteiger partial charge is 0.392 e. The Morgan fingerprint density at radius 3 is 3.05 bits per heavy atom. The number of carbonyl (C=O) groups excluding carboxylic acids is 1. The zero-order valence-corrected chi connectivity index (χ0v) is 12.7. The highest BCUT2D eigenvalue weighted by Crippen LogP contribution is 2.46. The Morgan fingerprint density at radius 1 is 1.41 bits per heavy atom. The van der Waals surface area contributed by atoms with Crippen LogP contribution in [0.2, 0.25) is 0 Å². The first-order valence-corrected chi connectivity index (χ1v) is 8.43. The minimum absolute atomic E-state index is 0.103. The lowest BCUT2D eigenvalue weighted by atomic mass is 10.1. The summed E-state index contributed by atoms with van der Waals surface area (Å²) in [6.45, 7) is 1.72. The zero-order valence-electron chi connectivity index (χ0n) is 12.7. The highest BCUT2D eigenvalue weighted by atomic mass is 16.3. The molecule has 1 saturated heterocycles. The molecule has 0 bridgehead atoms. The predicted molar refractivity (Wildman–Crippen MR) is 81.2 cm³/mol. The van der Waals surface area contributed by atoms with Gasteiger partial charge in [0.25, 0.3) is 0 Å². The molecular weight excluding hydrogens is 280 g/mol. The average molecular weight is 304 g/mol. The van der Waals surface area contributed by atoms with Gasteiger partial charge in [0.1, 0.15) is 0 Å². The molecule has 2 heterocycles. The Labute approximate surface area is 130 Å². The third kappa shape index (κ3) is 2.65. The van der Waals surface area contributed by atoms with Gasteiger partial charge in [-0.15, -0.1) is 0 Å². The fourth-order valence-corrected chi connectivity index (χ4v) is 4.20. The number of aliphatic hydroxyl groups is 1. The van der Waals surface area contributed by atoms with Gasteiger partial charge in [0.05, 0.1) is 12.4 Å². The third-order valence-corrected chi connectivity index (χ3v) is 5.52.